The molecule has 1 N–H and O–H groups in total. The smallest absolute Gasteiger partial charge is 0.271 e. The van der Waals surface area contributed by atoms with Crippen molar-refractivity contribution in [3.8, 4) is 0 Å². The van der Waals surface area contributed by atoms with Crippen LogP contribution in [-0.4, -0.2) is 17.9 Å². The van der Waals surface area contributed by atoms with Crippen LogP contribution in [0.25, 0.3) is 0 Å². The fourth-order valence-electron chi connectivity index (χ4n) is 2.42. The number of nitrogens with one attached hydrogen (secondary N) is 1. The van der Waals surface area contributed by atoms with Crippen LogP contribution in [0.5, 0.6) is 0 Å². The molecule has 0 aliphatic carbocycles. The van der Waals surface area contributed by atoms with E-state index in [1.54, 1.807) is 18.0 Å². The number of carbonyl (C=O) groups excluding carboxylic acids is 1. The zero-order valence-electron chi connectivity index (χ0n) is 11.7. The van der Waals surface area contributed by atoms with Gasteiger partial charge >= 0.3 is 0 Å². The van der Waals surface area contributed by atoms with Gasteiger partial charge in [0.05, 0.1) is 22.1 Å². The van der Waals surface area contributed by atoms with Gasteiger partial charge in [0.15, 0.2) is 0 Å². The number of fused-ring (bicyclic) bond motifs is 1. The van der Waals surface area contributed by atoms with Crippen LogP contribution in [0.4, 0.5) is 22.7 Å². The molecule has 0 fully saturated rings. The quantitative estimate of drug-likeness (QED) is 0.694. The van der Waals surface area contributed by atoms with E-state index in [9.17, 15) is 14.9 Å². The van der Waals surface area contributed by atoms with Crippen molar-refractivity contribution in [2.24, 2.45) is 0 Å². The Morgan fingerprint density at radius 2 is 2.05 bits per heavy atom. The zero-order valence-corrected chi connectivity index (χ0v) is 12.4. The number of nitrogens with zero attached hydrogens (tertiary/aromatic N) is 2. The monoisotopic (exact) mass is 317 g/mol. The Morgan fingerprint density at radius 1 is 1.27 bits per heavy atom. The molecule has 112 valence electrons. The summed E-state index contributed by atoms with van der Waals surface area (Å²) in [5.41, 5.74) is 3.13. The lowest BCUT2D eigenvalue weighted by Gasteiger charge is -2.12. The summed E-state index contributed by atoms with van der Waals surface area (Å²) in [6.07, 6.45) is 0.370. The van der Waals surface area contributed by atoms with E-state index in [2.05, 4.69) is 5.32 Å². The Morgan fingerprint density at radius 3 is 2.73 bits per heavy atom. The first kappa shape index (κ1) is 14.3. The van der Waals surface area contributed by atoms with Crippen molar-refractivity contribution in [2.45, 2.75) is 6.42 Å². The summed E-state index contributed by atoms with van der Waals surface area (Å²) in [6, 6.07) is 9.83. The van der Waals surface area contributed by atoms with E-state index < -0.39 is 4.92 Å². The van der Waals surface area contributed by atoms with E-state index in [0.29, 0.717) is 12.1 Å². The molecule has 1 aliphatic heterocycles. The number of hydrogen-bond donors (Lipinski definition) is 1. The average Bonchev–Trinajstić information content (AvgIpc) is 2.75. The number of anilines is 3. The van der Waals surface area contributed by atoms with Crippen molar-refractivity contribution in [3.63, 3.8) is 0 Å². The molecule has 2 aromatic carbocycles. The van der Waals surface area contributed by atoms with Crippen molar-refractivity contribution < 1.29 is 9.72 Å². The number of carbonyl (C=O) groups is 1. The summed E-state index contributed by atoms with van der Waals surface area (Å²) in [4.78, 5) is 23.5. The lowest BCUT2D eigenvalue weighted by Crippen LogP contribution is -2.20. The van der Waals surface area contributed by atoms with Gasteiger partial charge in [0, 0.05) is 30.6 Å². The van der Waals surface area contributed by atoms with Crippen molar-refractivity contribution in [2.75, 3.05) is 17.3 Å². The van der Waals surface area contributed by atoms with Crippen LogP contribution in [-0.2, 0) is 11.2 Å². The van der Waals surface area contributed by atoms with E-state index >= 15 is 0 Å². The topological polar surface area (TPSA) is 75.5 Å². The highest BCUT2D eigenvalue weighted by atomic mass is 35.5. The van der Waals surface area contributed by atoms with Gasteiger partial charge in [-0.15, -0.1) is 0 Å². The molecule has 0 unspecified atom stereocenters. The van der Waals surface area contributed by atoms with Crippen molar-refractivity contribution in [1.29, 1.82) is 0 Å². The van der Waals surface area contributed by atoms with E-state index in [4.69, 9.17) is 11.6 Å². The highest BCUT2D eigenvalue weighted by Gasteiger charge is 2.23. The first-order valence-electron chi connectivity index (χ1n) is 6.56. The minimum atomic E-state index is -0.494. The van der Waals surface area contributed by atoms with Gasteiger partial charge in [-0.2, -0.15) is 0 Å². The van der Waals surface area contributed by atoms with Crippen LogP contribution >= 0.6 is 11.6 Å². The normalized spacial score (nSPS) is 13.2. The first-order chi connectivity index (χ1) is 10.5. The molecule has 0 radical (unpaired) electrons. The molecule has 0 bridgehead atoms. The summed E-state index contributed by atoms with van der Waals surface area (Å²) in [7, 11) is 1.74. The van der Waals surface area contributed by atoms with Gasteiger partial charge in [0.25, 0.3) is 5.69 Å². The fraction of sp³-hybridized carbons (Fsp3) is 0.133. The summed E-state index contributed by atoms with van der Waals surface area (Å²) in [5.74, 6) is 0.0560. The molecular formula is C15H12ClN3O3. The van der Waals surface area contributed by atoms with Gasteiger partial charge in [-0.1, -0.05) is 11.6 Å². The van der Waals surface area contributed by atoms with Crippen molar-refractivity contribution >= 4 is 40.3 Å². The van der Waals surface area contributed by atoms with E-state index in [1.807, 2.05) is 18.2 Å². The molecule has 0 aromatic heterocycles. The molecule has 1 heterocycles. The fourth-order valence-corrected chi connectivity index (χ4v) is 2.64. The lowest BCUT2D eigenvalue weighted by atomic mass is 10.1. The van der Waals surface area contributed by atoms with Gasteiger partial charge in [-0.05, 0) is 29.8 Å². The molecular weight excluding hydrogens is 306 g/mol. The molecule has 1 aliphatic rings. The van der Waals surface area contributed by atoms with Gasteiger partial charge in [-0.25, -0.2) is 0 Å². The number of rotatable bonds is 3. The second kappa shape index (κ2) is 5.31. The molecule has 22 heavy (non-hydrogen) atoms. The van der Waals surface area contributed by atoms with Gasteiger partial charge in [0.1, 0.15) is 0 Å². The molecule has 0 spiro atoms. The van der Waals surface area contributed by atoms with Crippen LogP contribution in [0.1, 0.15) is 5.56 Å². The lowest BCUT2D eigenvalue weighted by molar-refractivity contribution is -0.384. The SMILES string of the molecule is CN1C(=O)Cc2cc(Nc3ccc([N+](=O)[O-])cc3Cl)ccc21. The molecule has 0 saturated heterocycles. The first-order valence-corrected chi connectivity index (χ1v) is 6.94. The Bertz CT molecular complexity index is 792. The molecule has 0 atom stereocenters. The van der Waals surface area contributed by atoms with Crippen LogP contribution in [0.3, 0.4) is 0 Å². The van der Waals surface area contributed by atoms with Crippen LogP contribution in [0.15, 0.2) is 36.4 Å². The van der Waals surface area contributed by atoms with Crippen LogP contribution in [0, 0.1) is 10.1 Å². The molecule has 7 heteroatoms. The van der Waals surface area contributed by atoms with Gasteiger partial charge in [-0.3, -0.25) is 14.9 Å². The van der Waals surface area contributed by atoms with Gasteiger partial charge in [0.2, 0.25) is 5.91 Å². The van der Waals surface area contributed by atoms with E-state index in [-0.39, 0.29) is 16.6 Å². The maximum Gasteiger partial charge on any atom is 0.271 e. The highest BCUT2D eigenvalue weighted by Crippen LogP contribution is 2.33. The zero-order chi connectivity index (χ0) is 15.9. The summed E-state index contributed by atoms with van der Waals surface area (Å²) in [5, 5.41) is 14.1. The summed E-state index contributed by atoms with van der Waals surface area (Å²) in [6.45, 7) is 0. The van der Waals surface area contributed by atoms with Crippen molar-refractivity contribution in [1.82, 2.24) is 0 Å². The molecule has 0 saturated carbocycles. The largest absolute Gasteiger partial charge is 0.354 e. The predicted octanol–water partition coefficient (Wildman–Crippen LogP) is 3.51. The summed E-state index contributed by atoms with van der Waals surface area (Å²) >= 11 is 6.06. The number of halogens is 1. The molecule has 3 rings (SSSR count). The Hall–Kier alpha value is -2.60. The number of non-ortho nitro benzene ring substituents is 1. The van der Waals surface area contributed by atoms with Crippen LogP contribution < -0.4 is 10.2 Å². The van der Waals surface area contributed by atoms with Gasteiger partial charge < -0.3 is 10.2 Å². The third-order valence-corrected chi connectivity index (χ3v) is 3.91. The maximum absolute atomic E-state index is 11.7. The second-order valence-corrected chi connectivity index (χ2v) is 5.43. The Kier molecular flexibility index (Phi) is 3.46. The standard InChI is InChI=1S/C15H12ClN3O3/c1-18-14-5-2-10(6-9(14)7-15(18)20)17-13-4-3-11(19(21)22)8-12(13)16/h2-6,8,17H,7H2,1H3. The number of likely N-dealkylation sites (N-methyl/N-ethyl adjacent to an activating group) is 1. The Balaban J connectivity index is 1.87. The average molecular weight is 318 g/mol. The molecule has 6 nitrogen and oxygen atoms in total. The number of benzene rings is 2. The second-order valence-electron chi connectivity index (χ2n) is 5.02. The number of amides is 1. The third-order valence-electron chi connectivity index (χ3n) is 3.60. The number of nitro groups is 1. The Labute approximate surface area is 131 Å². The minimum Gasteiger partial charge on any atom is -0.354 e. The molecule has 2 aromatic rings. The number of nitro benzene ring substituents is 1. The third kappa shape index (κ3) is 2.48. The minimum absolute atomic E-state index is 0.0560. The van der Waals surface area contributed by atoms with E-state index in [1.165, 1.54) is 12.1 Å². The van der Waals surface area contributed by atoms with Crippen molar-refractivity contribution in [3.05, 3.63) is 57.1 Å². The number of hydrogen-bond acceptors (Lipinski definition) is 4. The maximum atomic E-state index is 11.7. The van der Waals surface area contributed by atoms with E-state index in [0.717, 1.165) is 16.9 Å². The predicted molar refractivity (Wildman–Crippen MR) is 84.9 cm³/mol. The summed E-state index contributed by atoms with van der Waals surface area (Å²) < 4.78 is 0. The van der Waals surface area contributed by atoms with Crippen LogP contribution in [0.2, 0.25) is 5.02 Å². The molecule has 1 amide bonds. The highest BCUT2D eigenvalue weighted by molar-refractivity contribution is 6.33.